The summed E-state index contributed by atoms with van der Waals surface area (Å²) in [5.74, 6) is 0.271. The topological polar surface area (TPSA) is 50.8 Å². The molecule has 1 fully saturated rings. The minimum Gasteiger partial charge on any atom is -0.355 e. The number of urea groups is 1. The molecule has 2 amide bonds. The van der Waals surface area contributed by atoms with Crippen molar-refractivity contribution in [2.45, 2.75) is 12.8 Å². The minimum absolute atomic E-state index is 0.128. The van der Waals surface area contributed by atoms with Crippen LogP contribution in [0.4, 0.5) is 10.5 Å². The number of amides is 2. The van der Waals surface area contributed by atoms with Crippen molar-refractivity contribution in [2.24, 2.45) is 0 Å². The van der Waals surface area contributed by atoms with Gasteiger partial charge in [-0.15, -0.1) is 0 Å². The fourth-order valence-corrected chi connectivity index (χ4v) is 2.11. The Bertz CT molecular complexity index is 454. The van der Waals surface area contributed by atoms with E-state index in [-0.39, 0.29) is 11.9 Å². The van der Waals surface area contributed by atoms with Crippen LogP contribution in [-0.2, 0) is 9.47 Å². The van der Waals surface area contributed by atoms with E-state index < -0.39 is 0 Å². The summed E-state index contributed by atoms with van der Waals surface area (Å²) < 4.78 is 10.6. The van der Waals surface area contributed by atoms with E-state index in [0.29, 0.717) is 20.0 Å². The van der Waals surface area contributed by atoms with Crippen LogP contribution in [0.5, 0.6) is 0 Å². The van der Waals surface area contributed by atoms with Gasteiger partial charge in [-0.1, -0.05) is 6.07 Å². The molecule has 1 aromatic rings. The first-order chi connectivity index (χ1) is 9.08. The summed E-state index contributed by atoms with van der Waals surface area (Å²) in [4.78, 5) is 13.1. The second kappa shape index (κ2) is 6.04. The molecule has 1 aliphatic rings. The van der Waals surface area contributed by atoms with Crippen molar-refractivity contribution in [3.8, 4) is 0 Å². The summed E-state index contributed by atoms with van der Waals surface area (Å²) in [5, 5.41) is 2.84. The lowest BCUT2D eigenvalue weighted by Gasteiger charge is -2.24. The normalized spacial score (nSPS) is 16.2. The Hall–Kier alpha value is -1.59. The summed E-state index contributed by atoms with van der Waals surface area (Å²) >= 11 is 0. The van der Waals surface area contributed by atoms with Crippen molar-refractivity contribution in [3.63, 3.8) is 0 Å². The van der Waals surface area contributed by atoms with E-state index in [4.69, 9.17) is 9.47 Å². The summed E-state index contributed by atoms with van der Waals surface area (Å²) in [5.41, 5.74) is 3.15. The Morgan fingerprint density at radius 3 is 2.58 bits per heavy atom. The van der Waals surface area contributed by atoms with Crippen LogP contribution >= 0.6 is 0 Å². The molecule has 0 aromatic heterocycles. The van der Waals surface area contributed by atoms with Crippen molar-refractivity contribution in [1.82, 2.24) is 4.90 Å². The van der Waals surface area contributed by atoms with Gasteiger partial charge in [-0.3, -0.25) is 0 Å². The summed E-state index contributed by atoms with van der Waals surface area (Å²) in [6, 6.07) is 5.80. The molecule has 1 aliphatic heterocycles. The van der Waals surface area contributed by atoms with Crippen LogP contribution in [0.15, 0.2) is 18.2 Å². The lowest BCUT2D eigenvalue weighted by Crippen LogP contribution is -2.27. The van der Waals surface area contributed by atoms with Gasteiger partial charge in [0.1, 0.15) is 6.79 Å². The van der Waals surface area contributed by atoms with Gasteiger partial charge in [-0.25, -0.2) is 4.79 Å². The second-order valence-electron chi connectivity index (χ2n) is 4.95. The molecule has 0 unspecified atom stereocenters. The lowest BCUT2D eigenvalue weighted by atomic mass is 9.95. The van der Waals surface area contributed by atoms with Gasteiger partial charge in [0.05, 0.1) is 13.2 Å². The quantitative estimate of drug-likeness (QED) is 0.890. The number of hydrogen-bond acceptors (Lipinski definition) is 3. The van der Waals surface area contributed by atoms with Crippen LogP contribution in [0, 0.1) is 6.92 Å². The van der Waals surface area contributed by atoms with Crippen molar-refractivity contribution < 1.29 is 14.3 Å². The standard InChI is InChI=1S/C14H20N2O3/c1-10-6-12(15-14(17)16(2)3)4-5-13(10)11-7-18-9-19-8-11/h4-6,11H,7-9H2,1-3H3,(H,15,17). The number of ether oxygens (including phenoxy) is 2. The molecule has 0 radical (unpaired) electrons. The van der Waals surface area contributed by atoms with Gasteiger partial charge in [-0.05, 0) is 30.2 Å². The third-order valence-corrected chi connectivity index (χ3v) is 3.17. The zero-order valence-electron chi connectivity index (χ0n) is 11.6. The number of aryl methyl sites for hydroxylation is 1. The number of carbonyl (C=O) groups excluding carboxylic acids is 1. The zero-order chi connectivity index (χ0) is 13.8. The van der Waals surface area contributed by atoms with Crippen LogP contribution in [0.2, 0.25) is 0 Å². The highest BCUT2D eigenvalue weighted by molar-refractivity contribution is 5.89. The molecule has 1 aromatic carbocycles. The molecule has 1 heterocycles. The summed E-state index contributed by atoms with van der Waals surface area (Å²) in [6.07, 6.45) is 0. The molecule has 5 nitrogen and oxygen atoms in total. The molecule has 0 aliphatic carbocycles. The summed E-state index contributed by atoms with van der Waals surface area (Å²) in [7, 11) is 3.43. The Labute approximate surface area is 113 Å². The lowest BCUT2D eigenvalue weighted by molar-refractivity contribution is -0.108. The highest BCUT2D eigenvalue weighted by Crippen LogP contribution is 2.25. The van der Waals surface area contributed by atoms with Gasteiger partial charge in [0, 0.05) is 25.7 Å². The van der Waals surface area contributed by atoms with E-state index in [1.54, 1.807) is 14.1 Å². The number of benzene rings is 1. The molecular weight excluding hydrogens is 244 g/mol. The number of nitrogens with zero attached hydrogens (tertiary/aromatic N) is 1. The number of anilines is 1. The molecule has 0 spiro atoms. The van der Waals surface area contributed by atoms with Gasteiger partial charge in [-0.2, -0.15) is 0 Å². The van der Waals surface area contributed by atoms with E-state index >= 15 is 0 Å². The molecule has 104 valence electrons. The van der Waals surface area contributed by atoms with Gasteiger partial charge >= 0.3 is 6.03 Å². The van der Waals surface area contributed by atoms with E-state index in [2.05, 4.69) is 5.32 Å². The van der Waals surface area contributed by atoms with Crippen molar-refractivity contribution in [2.75, 3.05) is 39.4 Å². The maximum Gasteiger partial charge on any atom is 0.321 e. The van der Waals surface area contributed by atoms with Crippen molar-refractivity contribution in [3.05, 3.63) is 29.3 Å². The van der Waals surface area contributed by atoms with Crippen LogP contribution < -0.4 is 5.32 Å². The number of rotatable bonds is 2. The Morgan fingerprint density at radius 1 is 1.32 bits per heavy atom. The average Bonchev–Trinajstić information content (AvgIpc) is 2.39. The molecule has 5 heteroatoms. The molecule has 19 heavy (non-hydrogen) atoms. The molecule has 0 bridgehead atoms. The SMILES string of the molecule is Cc1cc(NC(=O)N(C)C)ccc1C1COCOC1. The van der Waals surface area contributed by atoms with E-state index in [9.17, 15) is 4.79 Å². The molecular formula is C14H20N2O3. The first-order valence-electron chi connectivity index (χ1n) is 6.32. The maximum atomic E-state index is 11.6. The predicted octanol–water partition coefficient (Wildman–Crippen LogP) is 2.18. The smallest absolute Gasteiger partial charge is 0.321 e. The molecule has 1 saturated heterocycles. The van der Waals surface area contributed by atoms with Gasteiger partial charge in [0.15, 0.2) is 0 Å². The van der Waals surface area contributed by atoms with Crippen molar-refractivity contribution >= 4 is 11.7 Å². The monoisotopic (exact) mass is 264 g/mol. The highest BCUT2D eigenvalue weighted by atomic mass is 16.7. The summed E-state index contributed by atoms with van der Waals surface area (Å²) in [6.45, 7) is 3.79. The van der Waals surface area contributed by atoms with Crippen LogP contribution in [0.3, 0.4) is 0 Å². The number of nitrogens with one attached hydrogen (secondary N) is 1. The van der Waals surface area contributed by atoms with Crippen LogP contribution in [-0.4, -0.2) is 45.0 Å². The molecule has 0 saturated carbocycles. The first-order valence-corrected chi connectivity index (χ1v) is 6.32. The Kier molecular flexibility index (Phi) is 4.39. The second-order valence-corrected chi connectivity index (χ2v) is 4.95. The largest absolute Gasteiger partial charge is 0.355 e. The van der Waals surface area contributed by atoms with Crippen LogP contribution in [0.1, 0.15) is 17.0 Å². The fraction of sp³-hybridized carbons (Fsp3) is 0.500. The maximum absolute atomic E-state index is 11.6. The third kappa shape index (κ3) is 3.45. The number of hydrogen-bond donors (Lipinski definition) is 1. The molecule has 1 N–H and O–H groups in total. The van der Waals surface area contributed by atoms with Gasteiger partial charge in [0.25, 0.3) is 0 Å². The Morgan fingerprint density at radius 2 is 2.00 bits per heavy atom. The van der Waals surface area contributed by atoms with E-state index in [1.807, 2.05) is 25.1 Å². The zero-order valence-corrected chi connectivity index (χ0v) is 11.6. The Balaban J connectivity index is 2.10. The first kappa shape index (κ1) is 13.8. The van der Waals surface area contributed by atoms with E-state index in [0.717, 1.165) is 11.3 Å². The minimum atomic E-state index is -0.128. The number of carbonyl (C=O) groups is 1. The van der Waals surface area contributed by atoms with E-state index in [1.165, 1.54) is 10.5 Å². The van der Waals surface area contributed by atoms with Gasteiger partial charge < -0.3 is 19.7 Å². The molecule has 0 atom stereocenters. The molecule has 2 rings (SSSR count). The third-order valence-electron chi connectivity index (χ3n) is 3.17. The average molecular weight is 264 g/mol. The highest BCUT2D eigenvalue weighted by Gasteiger charge is 2.18. The van der Waals surface area contributed by atoms with Gasteiger partial charge in [0.2, 0.25) is 0 Å². The fourth-order valence-electron chi connectivity index (χ4n) is 2.11. The van der Waals surface area contributed by atoms with Crippen molar-refractivity contribution in [1.29, 1.82) is 0 Å². The predicted molar refractivity (Wildman–Crippen MR) is 73.4 cm³/mol. The van der Waals surface area contributed by atoms with Crippen LogP contribution in [0.25, 0.3) is 0 Å².